The zero-order valence-electron chi connectivity index (χ0n) is 12.0. The Kier molecular flexibility index (Phi) is 8.98. The van der Waals surface area contributed by atoms with E-state index in [-0.39, 0.29) is 12.4 Å². The molecule has 0 radical (unpaired) electrons. The van der Waals surface area contributed by atoms with Crippen molar-refractivity contribution < 1.29 is 24.3 Å². The van der Waals surface area contributed by atoms with Gasteiger partial charge in [0.25, 0.3) is 0 Å². The fourth-order valence-corrected chi connectivity index (χ4v) is 2.08. The molecule has 0 aromatic heterocycles. The number of hydrogen-bond donors (Lipinski definition) is 1. The van der Waals surface area contributed by atoms with Crippen LogP contribution in [0, 0.1) is 0 Å². The van der Waals surface area contributed by atoms with Crippen molar-refractivity contribution in [1.29, 1.82) is 0 Å². The van der Waals surface area contributed by atoms with Gasteiger partial charge in [-0.3, -0.25) is 9.59 Å². The third kappa shape index (κ3) is 8.87. The molecule has 0 atom stereocenters. The van der Waals surface area contributed by atoms with E-state index in [0.29, 0.717) is 32.7 Å². The monoisotopic (exact) mass is 287 g/mol. The van der Waals surface area contributed by atoms with Gasteiger partial charge < -0.3 is 14.7 Å². The van der Waals surface area contributed by atoms with E-state index in [4.69, 9.17) is 14.7 Å². The number of carboxylic acids is 1. The maximum absolute atomic E-state index is 11.6. The average molecular weight is 287 g/mol. The summed E-state index contributed by atoms with van der Waals surface area (Å²) in [4.78, 5) is 27.1. The van der Waals surface area contributed by atoms with Crippen molar-refractivity contribution in [2.24, 2.45) is 0 Å². The highest BCUT2D eigenvalue weighted by Crippen LogP contribution is 2.09. The lowest BCUT2D eigenvalue weighted by atomic mass is 10.1. The topological polar surface area (TPSA) is 76.1 Å². The maximum Gasteiger partial charge on any atom is 0.325 e. The fraction of sp³-hybridized carbons (Fsp3) is 0.857. The second-order valence-electron chi connectivity index (χ2n) is 5.02. The standard InChI is InChI=1S/C14H25NO5/c16-13(17)7-5-3-1-2-4-6-8-14(18)20-15-9-11-19-12-10-15/h1-12H2,(H,16,17). The van der Waals surface area contributed by atoms with Gasteiger partial charge in [-0.25, -0.2) is 0 Å². The number of carbonyl (C=O) groups is 2. The highest BCUT2D eigenvalue weighted by Gasteiger charge is 2.14. The van der Waals surface area contributed by atoms with Gasteiger partial charge in [-0.2, -0.15) is 0 Å². The molecule has 1 saturated heterocycles. The second kappa shape index (κ2) is 10.6. The number of hydroxylamine groups is 2. The van der Waals surface area contributed by atoms with E-state index in [2.05, 4.69) is 0 Å². The summed E-state index contributed by atoms with van der Waals surface area (Å²) >= 11 is 0. The summed E-state index contributed by atoms with van der Waals surface area (Å²) < 4.78 is 5.17. The van der Waals surface area contributed by atoms with Gasteiger partial charge in [-0.1, -0.05) is 25.7 Å². The van der Waals surface area contributed by atoms with Gasteiger partial charge in [0.05, 0.1) is 26.3 Å². The molecule has 0 saturated carbocycles. The molecular weight excluding hydrogens is 262 g/mol. The van der Waals surface area contributed by atoms with Crippen LogP contribution in [0.15, 0.2) is 0 Å². The minimum atomic E-state index is -0.726. The van der Waals surface area contributed by atoms with Crippen LogP contribution >= 0.6 is 0 Å². The van der Waals surface area contributed by atoms with Crippen LogP contribution in [0.1, 0.15) is 51.4 Å². The van der Waals surface area contributed by atoms with Crippen LogP contribution in [0.3, 0.4) is 0 Å². The van der Waals surface area contributed by atoms with E-state index < -0.39 is 5.97 Å². The first-order chi connectivity index (χ1) is 9.68. The van der Waals surface area contributed by atoms with Crippen molar-refractivity contribution in [2.75, 3.05) is 26.3 Å². The van der Waals surface area contributed by atoms with E-state index in [1.54, 1.807) is 5.06 Å². The maximum atomic E-state index is 11.6. The van der Waals surface area contributed by atoms with Crippen LogP contribution in [0.25, 0.3) is 0 Å². The van der Waals surface area contributed by atoms with E-state index in [9.17, 15) is 9.59 Å². The van der Waals surface area contributed by atoms with Crippen LogP contribution in [-0.4, -0.2) is 48.4 Å². The lowest BCUT2D eigenvalue weighted by Gasteiger charge is -2.24. The van der Waals surface area contributed by atoms with Crippen LogP contribution in [0.5, 0.6) is 0 Å². The van der Waals surface area contributed by atoms with Gasteiger partial charge in [0, 0.05) is 12.8 Å². The molecular formula is C14H25NO5. The first-order valence-electron chi connectivity index (χ1n) is 7.44. The molecule has 1 aliphatic rings. The molecule has 6 nitrogen and oxygen atoms in total. The predicted octanol–water partition coefficient (Wildman–Crippen LogP) is 1.98. The molecule has 1 rings (SSSR count). The fourth-order valence-electron chi connectivity index (χ4n) is 2.08. The summed E-state index contributed by atoms with van der Waals surface area (Å²) in [5.41, 5.74) is 0. The van der Waals surface area contributed by atoms with Crippen LogP contribution in [0.4, 0.5) is 0 Å². The van der Waals surface area contributed by atoms with Crippen LogP contribution in [0.2, 0.25) is 0 Å². The lowest BCUT2D eigenvalue weighted by molar-refractivity contribution is -0.205. The quantitative estimate of drug-likeness (QED) is 0.619. The Morgan fingerprint density at radius 1 is 0.950 bits per heavy atom. The van der Waals surface area contributed by atoms with Crippen LogP contribution in [-0.2, 0) is 19.2 Å². The van der Waals surface area contributed by atoms with Crippen molar-refractivity contribution in [3.63, 3.8) is 0 Å². The molecule has 0 amide bonds. The molecule has 1 N–H and O–H groups in total. The Balaban J connectivity index is 1.87. The molecule has 0 bridgehead atoms. The first kappa shape index (κ1) is 16.9. The smallest absolute Gasteiger partial charge is 0.325 e. The van der Waals surface area contributed by atoms with E-state index in [1.165, 1.54) is 0 Å². The number of ether oxygens (including phenoxy) is 1. The molecule has 0 aromatic rings. The highest BCUT2D eigenvalue weighted by molar-refractivity contribution is 5.68. The molecule has 1 heterocycles. The highest BCUT2D eigenvalue weighted by atomic mass is 16.7. The van der Waals surface area contributed by atoms with Gasteiger partial charge in [0.1, 0.15) is 0 Å². The summed E-state index contributed by atoms with van der Waals surface area (Å²) in [5.74, 6) is -0.895. The Morgan fingerprint density at radius 2 is 1.50 bits per heavy atom. The Bertz CT molecular complexity index is 289. The molecule has 0 aromatic carbocycles. The number of rotatable bonds is 10. The molecule has 1 fully saturated rings. The van der Waals surface area contributed by atoms with Crippen molar-refractivity contribution in [3.8, 4) is 0 Å². The largest absolute Gasteiger partial charge is 0.481 e. The zero-order chi connectivity index (χ0) is 14.6. The van der Waals surface area contributed by atoms with E-state index in [1.807, 2.05) is 0 Å². The third-order valence-electron chi connectivity index (χ3n) is 3.22. The second-order valence-corrected chi connectivity index (χ2v) is 5.02. The van der Waals surface area contributed by atoms with Crippen LogP contribution < -0.4 is 0 Å². The number of aliphatic carboxylic acids is 1. The number of hydrogen-bond acceptors (Lipinski definition) is 5. The Labute approximate surface area is 120 Å². The van der Waals surface area contributed by atoms with Gasteiger partial charge in [-0.05, 0) is 12.8 Å². The molecule has 0 aliphatic carbocycles. The van der Waals surface area contributed by atoms with Gasteiger partial charge in [0.2, 0.25) is 0 Å². The Morgan fingerprint density at radius 3 is 2.10 bits per heavy atom. The molecule has 0 spiro atoms. The molecule has 6 heteroatoms. The first-order valence-corrected chi connectivity index (χ1v) is 7.44. The number of morpholine rings is 1. The minimum Gasteiger partial charge on any atom is -0.481 e. The number of carbonyl (C=O) groups excluding carboxylic acids is 1. The lowest BCUT2D eigenvalue weighted by Crippen LogP contribution is -2.37. The molecule has 20 heavy (non-hydrogen) atoms. The summed E-state index contributed by atoms with van der Waals surface area (Å²) in [6, 6.07) is 0. The minimum absolute atomic E-state index is 0.169. The third-order valence-corrected chi connectivity index (χ3v) is 3.22. The average Bonchev–Trinajstić information content (AvgIpc) is 2.42. The van der Waals surface area contributed by atoms with Crippen molar-refractivity contribution in [3.05, 3.63) is 0 Å². The van der Waals surface area contributed by atoms with Gasteiger partial charge in [0.15, 0.2) is 0 Å². The summed E-state index contributed by atoms with van der Waals surface area (Å²) in [6.07, 6.45) is 6.31. The van der Waals surface area contributed by atoms with Crippen molar-refractivity contribution >= 4 is 11.9 Å². The predicted molar refractivity (Wildman–Crippen MR) is 73.1 cm³/mol. The summed E-state index contributed by atoms with van der Waals surface area (Å²) in [7, 11) is 0. The molecule has 0 unspecified atom stereocenters. The van der Waals surface area contributed by atoms with E-state index >= 15 is 0 Å². The Hall–Kier alpha value is -1.14. The summed E-state index contributed by atoms with van der Waals surface area (Å²) in [5, 5.41) is 10.2. The normalized spacial score (nSPS) is 16.0. The van der Waals surface area contributed by atoms with Gasteiger partial charge in [-0.15, -0.1) is 5.06 Å². The molecule has 1 aliphatic heterocycles. The number of carboxylic acid groups (broad SMARTS) is 1. The number of nitrogens with zero attached hydrogens (tertiary/aromatic N) is 1. The zero-order valence-corrected chi connectivity index (χ0v) is 12.0. The van der Waals surface area contributed by atoms with Crippen molar-refractivity contribution in [2.45, 2.75) is 51.4 Å². The van der Waals surface area contributed by atoms with E-state index in [0.717, 1.165) is 38.5 Å². The van der Waals surface area contributed by atoms with Gasteiger partial charge >= 0.3 is 11.9 Å². The van der Waals surface area contributed by atoms with Crippen molar-refractivity contribution in [1.82, 2.24) is 5.06 Å². The molecule has 116 valence electrons. The summed E-state index contributed by atoms with van der Waals surface area (Å²) in [6.45, 7) is 2.53. The SMILES string of the molecule is O=C(O)CCCCCCCCC(=O)ON1CCOCC1. The number of unbranched alkanes of at least 4 members (excludes halogenated alkanes) is 5.